The predicted octanol–water partition coefficient (Wildman–Crippen LogP) is 2.36. The van der Waals surface area contributed by atoms with Crippen molar-refractivity contribution in [1.82, 2.24) is 15.1 Å². The largest absolute Gasteiger partial charge is 0.573 e. The number of rotatable bonds is 6. The van der Waals surface area contributed by atoms with E-state index in [2.05, 4.69) is 10.1 Å². The Morgan fingerprint density at radius 2 is 1.76 bits per heavy atom. The van der Waals surface area contributed by atoms with E-state index in [0.29, 0.717) is 39.1 Å². The van der Waals surface area contributed by atoms with Crippen LogP contribution in [0, 0.1) is 5.92 Å². The fraction of sp³-hybridized carbons (Fsp3) is 0.600. The first kappa shape index (κ1) is 21.4. The van der Waals surface area contributed by atoms with Crippen LogP contribution in [-0.4, -0.2) is 66.7 Å². The second-order valence-corrected chi connectivity index (χ2v) is 7.89. The van der Waals surface area contributed by atoms with Gasteiger partial charge in [-0.05, 0) is 43.9 Å². The number of benzene rings is 1. The summed E-state index contributed by atoms with van der Waals surface area (Å²) in [5.41, 5.74) is 0.849. The first-order chi connectivity index (χ1) is 13.6. The number of piperazine rings is 1. The molecule has 0 aromatic heterocycles. The van der Waals surface area contributed by atoms with Gasteiger partial charge in [-0.15, -0.1) is 13.2 Å². The molecule has 1 aliphatic carbocycles. The van der Waals surface area contributed by atoms with Crippen LogP contribution in [0.15, 0.2) is 24.3 Å². The smallest absolute Gasteiger partial charge is 0.406 e. The average molecular weight is 413 g/mol. The van der Waals surface area contributed by atoms with Crippen molar-refractivity contribution in [3.8, 4) is 5.75 Å². The van der Waals surface area contributed by atoms with Gasteiger partial charge < -0.3 is 15.0 Å². The molecule has 0 radical (unpaired) electrons. The van der Waals surface area contributed by atoms with Crippen molar-refractivity contribution in [3.63, 3.8) is 0 Å². The van der Waals surface area contributed by atoms with E-state index in [9.17, 15) is 22.8 Å². The molecule has 6 nitrogen and oxygen atoms in total. The van der Waals surface area contributed by atoms with Crippen LogP contribution in [0.1, 0.15) is 31.7 Å². The third-order valence-electron chi connectivity index (χ3n) is 5.15. The zero-order valence-corrected chi connectivity index (χ0v) is 16.5. The Hall–Kier alpha value is -2.29. The summed E-state index contributed by atoms with van der Waals surface area (Å²) < 4.78 is 40.6. The Labute approximate surface area is 168 Å². The summed E-state index contributed by atoms with van der Waals surface area (Å²) in [6, 6.07) is 5.84. The van der Waals surface area contributed by atoms with Gasteiger partial charge in [0, 0.05) is 38.1 Å². The number of hydrogen-bond donors (Lipinski definition) is 1. The summed E-state index contributed by atoms with van der Waals surface area (Å²) in [7, 11) is 0. The van der Waals surface area contributed by atoms with Gasteiger partial charge in [-0.2, -0.15) is 0 Å². The number of carbonyl (C=O) groups excluding carboxylic acids is 2. The third kappa shape index (κ3) is 6.09. The fourth-order valence-electron chi connectivity index (χ4n) is 3.68. The Kier molecular flexibility index (Phi) is 6.36. The van der Waals surface area contributed by atoms with Crippen molar-refractivity contribution in [3.05, 3.63) is 29.8 Å². The van der Waals surface area contributed by atoms with Crippen LogP contribution in [0.2, 0.25) is 0 Å². The predicted molar refractivity (Wildman–Crippen MR) is 100 cm³/mol. The quantitative estimate of drug-likeness (QED) is 0.778. The van der Waals surface area contributed by atoms with Gasteiger partial charge in [0.25, 0.3) is 0 Å². The highest BCUT2D eigenvalue weighted by Gasteiger charge is 2.46. The zero-order valence-electron chi connectivity index (χ0n) is 16.5. The maximum absolute atomic E-state index is 12.7. The Morgan fingerprint density at radius 3 is 2.31 bits per heavy atom. The number of hydrogen-bond acceptors (Lipinski definition) is 4. The standard InChI is InChI=1S/C20H26F3N3O3/c1-13(2)24-18(27)12-25-7-9-26(10-8-25)19(28)17-11-16(17)14-3-5-15(6-4-14)29-20(21,22)23/h3-6,13,16-17H,7-12H2,1-2H3,(H,24,27)/t16-,17+/m0/s1. The van der Waals surface area contributed by atoms with Crippen molar-refractivity contribution in [2.24, 2.45) is 5.92 Å². The molecule has 2 atom stereocenters. The monoisotopic (exact) mass is 413 g/mol. The van der Waals surface area contributed by atoms with Crippen molar-refractivity contribution >= 4 is 11.8 Å². The van der Waals surface area contributed by atoms with Crippen LogP contribution < -0.4 is 10.1 Å². The maximum Gasteiger partial charge on any atom is 0.573 e. The molecule has 0 bridgehead atoms. The minimum Gasteiger partial charge on any atom is -0.406 e. The summed E-state index contributed by atoms with van der Waals surface area (Å²) in [6.45, 7) is 6.62. The van der Waals surface area contributed by atoms with Crippen LogP contribution in [0.4, 0.5) is 13.2 Å². The van der Waals surface area contributed by atoms with Gasteiger partial charge in [0.05, 0.1) is 6.54 Å². The van der Waals surface area contributed by atoms with Crippen molar-refractivity contribution in [2.45, 2.75) is 38.6 Å². The second kappa shape index (κ2) is 8.61. The maximum atomic E-state index is 12.7. The number of amides is 2. The highest BCUT2D eigenvalue weighted by molar-refractivity contribution is 5.83. The summed E-state index contributed by atoms with van der Waals surface area (Å²) in [6.07, 6.45) is -4.01. The SMILES string of the molecule is CC(C)NC(=O)CN1CCN(C(=O)[C@@H]2C[C@H]2c2ccc(OC(F)(F)F)cc2)CC1. The van der Waals surface area contributed by atoms with E-state index in [1.165, 1.54) is 12.1 Å². The lowest BCUT2D eigenvalue weighted by molar-refractivity contribution is -0.274. The van der Waals surface area contributed by atoms with E-state index >= 15 is 0 Å². The molecule has 2 amide bonds. The molecular formula is C20H26F3N3O3. The van der Waals surface area contributed by atoms with Gasteiger partial charge in [-0.25, -0.2) is 0 Å². The van der Waals surface area contributed by atoms with Gasteiger partial charge in [0.1, 0.15) is 5.75 Å². The molecule has 29 heavy (non-hydrogen) atoms. The molecule has 2 aliphatic rings. The van der Waals surface area contributed by atoms with E-state index in [-0.39, 0.29) is 35.4 Å². The zero-order chi connectivity index (χ0) is 21.2. The highest BCUT2D eigenvalue weighted by atomic mass is 19.4. The minimum atomic E-state index is -4.71. The number of halogens is 3. The van der Waals surface area contributed by atoms with Crippen molar-refractivity contribution < 1.29 is 27.5 Å². The molecule has 1 aromatic rings. The van der Waals surface area contributed by atoms with E-state index in [1.807, 2.05) is 23.6 Å². The number of ether oxygens (including phenoxy) is 1. The minimum absolute atomic E-state index is 0.0139. The molecule has 3 rings (SSSR count). The molecule has 1 aromatic carbocycles. The molecular weight excluding hydrogens is 387 g/mol. The fourth-order valence-corrected chi connectivity index (χ4v) is 3.68. The van der Waals surface area contributed by atoms with E-state index in [4.69, 9.17) is 0 Å². The molecule has 160 valence electrons. The lowest BCUT2D eigenvalue weighted by atomic mass is 10.1. The molecule has 0 unspecified atom stereocenters. The van der Waals surface area contributed by atoms with Crippen molar-refractivity contribution in [2.75, 3.05) is 32.7 Å². The lowest BCUT2D eigenvalue weighted by Crippen LogP contribution is -2.52. The molecule has 1 N–H and O–H groups in total. The Bertz CT molecular complexity index is 729. The van der Waals surface area contributed by atoms with Crippen LogP contribution in [-0.2, 0) is 9.59 Å². The molecule has 1 aliphatic heterocycles. The van der Waals surface area contributed by atoms with Crippen LogP contribution in [0.3, 0.4) is 0 Å². The molecule has 1 saturated carbocycles. The topological polar surface area (TPSA) is 61.9 Å². The summed E-state index contributed by atoms with van der Waals surface area (Å²) in [5.74, 6) is -0.281. The number of carbonyl (C=O) groups is 2. The number of nitrogens with zero attached hydrogens (tertiary/aromatic N) is 2. The van der Waals surface area contributed by atoms with Crippen LogP contribution >= 0.6 is 0 Å². The van der Waals surface area contributed by atoms with Crippen molar-refractivity contribution in [1.29, 1.82) is 0 Å². The molecule has 2 fully saturated rings. The molecule has 9 heteroatoms. The van der Waals surface area contributed by atoms with Gasteiger partial charge in [-0.1, -0.05) is 12.1 Å². The molecule has 1 heterocycles. The second-order valence-electron chi connectivity index (χ2n) is 7.89. The Morgan fingerprint density at radius 1 is 1.14 bits per heavy atom. The van der Waals surface area contributed by atoms with E-state index < -0.39 is 6.36 Å². The molecule has 1 saturated heterocycles. The summed E-state index contributed by atoms with van der Waals surface area (Å²) in [5, 5.41) is 2.86. The van der Waals surface area contributed by atoms with Crippen LogP contribution in [0.5, 0.6) is 5.75 Å². The van der Waals surface area contributed by atoms with Gasteiger partial charge >= 0.3 is 6.36 Å². The van der Waals surface area contributed by atoms with E-state index in [1.54, 1.807) is 12.1 Å². The normalized spacial score (nSPS) is 22.5. The average Bonchev–Trinajstić information content (AvgIpc) is 3.41. The summed E-state index contributed by atoms with van der Waals surface area (Å²) >= 11 is 0. The van der Waals surface area contributed by atoms with Gasteiger partial charge in [0.15, 0.2) is 0 Å². The summed E-state index contributed by atoms with van der Waals surface area (Å²) in [4.78, 5) is 28.4. The lowest BCUT2D eigenvalue weighted by Gasteiger charge is -2.34. The number of alkyl halides is 3. The first-order valence-corrected chi connectivity index (χ1v) is 9.78. The van der Waals surface area contributed by atoms with Gasteiger partial charge in [0.2, 0.25) is 11.8 Å². The number of nitrogens with one attached hydrogen (secondary N) is 1. The third-order valence-corrected chi connectivity index (χ3v) is 5.15. The highest BCUT2D eigenvalue weighted by Crippen LogP contribution is 2.48. The Balaban J connectivity index is 1.45. The van der Waals surface area contributed by atoms with Crippen LogP contribution in [0.25, 0.3) is 0 Å². The van der Waals surface area contributed by atoms with E-state index in [0.717, 1.165) is 5.56 Å². The van der Waals surface area contributed by atoms with Gasteiger partial charge in [-0.3, -0.25) is 14.5 Å². The first-order valence-electron chi connectivity index (χ1n) is 9.78. The molecule has 0 spiro atoms.